The number of aromatic carboxylic acids is 1. The van der Waals surface area contributed by atoms with Gasteiger partial charge in [-0.05, 0) is 43.2 Å². The zero-order valence-electron chi connectivity index (χ0n) is 28.3. The van der Waals surface area contributed by atoms with Crippen molar-refractivity contribution in [3.63, 3.8) is 0 Å². The minimum absolute atomic E-state index is 0. The van der Waals surface area contributed by atoms with Crippen molar-refractivity contribution in [2.24, 2.45) is 11.8 Å². The van der Waals surface area contributed by atoms with Crippen LogP contribution in [0.2, 0.25) is 0 Å². The van der Waals surface area contributed by atoms with E-state index in [9.17, 15) is 32.1 Å². The Bertz CT molecular complexity index is 1140. The van der Waals surface area contributed by atoms with Crippen LogP contribution in [-0.2, 0) is 33.9 Å². The van der Waals surface area contributed by atoms with Crippen LogP contribution in [0.5, 0.6) is 0 Å². The molecule has 1 aromatic carbocycles. The van der Waals surface area contributed by atoms with Crippen LogP contribution >= 0.6 is 0 Å². The molecule has 0 bridgehead atoms. The fraction of sp³-hybridized carbons (Fsp3) is 0.706. The molecule has 0 saturated carbocycles. The molecule has 0 aliphatic rings. The molecule has 0 amide bonds. The van der Waals surface area contributed by atoms with Gasteiger partial charge in [0, 0.05) is 0 Å². The van der Waals surface area contributed by atoms with Crippen LogP contribution in [0.4, 0.5) is 0 Å². The SMILES string of the molecule is CCCCC(CC)COC(=O)CC(C(=O)OCC(CC)CCCC)S(=O)(=O)O.CCCCCCOC(=O)c1ccccc1C(=O)O.[NaH]. The number of carbonyl (C=O) groups excluding carboxylic acids is 3. The molecule has 0 aliphatic carbocycles. The molecule has 0 saturated heterocycles. The molecule has 1 aromatic rings. The van der Waals surface area contributed by atoms with Gasteiger partial charge < -0.3 is 19.3 Å². The van der Waals surface area contributed by atoms with E-state index in [4.69, 9.17) is 19.3 Å². The fourth-order valence-corrected chi connectivity index (χ4v) is 5.10. The summed E-state index contributed by atoms with van der Waals surface area (Å²) in [6.45, 7) is 10.8. The maximum absolute atomic E-state index is 12.2. The topological polar surface area (TPSA) is 171 Å². The Morgan fingerprint density at radius 3 is 1.70 bits per heavy atom. The second-order valence-corrected chi connectivity index (χ2v) is 13.0. The summed E-state index contributed by atoms with van der Waals surface area (Å²) in [6.07, 6.45) is 10.8. The van der Waals surface area contributed by atoms with Gasteiger partial charge in [0.15, 0.2) is 5.25 Å². The number of unbranched alkanes of at least 4 members (excludes halogenated alkanes) is 5. The molecule has 13 heteroatoms. The molecule has 1 rings (SSSR count). The third kappa shape index (κ3) is 21.6. The van der Waals surface area contributed by atoms with E-state index in [2.05, 4.69) is 20.8 Å². The zero-order chi connectivity index (χ0) is 35.0. The Morgan fingerprint density at radius 1 is 0.723 bits per heavy atom. The summed E-state index contributed by atoms with van der Waals surface area (Å²) in [7, 11) is -4.76. The van der Waals surface area contributed by atoms with Crippen molar-refractivity contribution in [3.05, 3.63) is 35.4 Å². The quantitative estimate of drug-likeness (QED) is 0.0414. The van der Waals surface area contributed by atoms with Crippen LogP contribution in [0.15, 0.2) is 24.3 Å². The van der Waals surface area contributed by atoms with Crippen molar-refractivity contribution in [2.75, 3.05) is 19.8 Å². The molecule has 3 unspecified atom stereocenters. The van der Waals surface area contributed by atoms with Gasteiger partial charge >= 0.3 is 53.4 Å². The molecule has 0 aliphatic heterocycles. The number of benzene rings is 1. The summed E-state index contributed by atoms with van der Waals surface area (Å²) in [4.78, 5) is 46.9. The second kappa shape index (κ2) is 27.9. The first-order valence-corrected chi connectivity index (χ1v) is 18.1. The van der Waals surface area contributed by atoms with Crippen LogP contribution < -0.4 is 0 Å². The van der Waals surface area contributed by atoms with Crippen molar-refractivity contribution >= 4 is 63.6 Å². The predicted octanol–water partition coefficient (Wildman–Crippen LogP) is 6.63. The molecule has 266 valence electrons. The van der Waals surface area contributed by atoms with Crippen LogP contribution in [0.1, 0.15) is 139 Å². The number of carbonyl (C=O) groups is 4. The molecular weight excluding hydrogens is 639 g/mol. The average molecular weight is 697 g/mol. The second-order valence-electron chi connectivity index (χ2n) is 11.4. The van der Waals surface area contributed by atoms with E-state index in [-0.39, 0.29) is 65.7 Å². The van der Waals surface area contributed by atoms with E-state index in [1.165, 1.54) is 12.1 Å². The van der Waals surface area contributed by atoms with Gasteiger partial charge in [-0.1, -0.05) is 105 Å². The first-order valence-electron chi connectivity index (χ1n) is 16.6. The van der Waals surface area contributed by atoms with Crippen molar-refractivity contribution in [1.29, 1.82) is 0 Å². The minimum atomic E-state index is -4.76. The van der Waals surface area contributed by atoms with E-state index in [1.54, 1.807) is 12.1 Å². The number of ether oxygens (including phenoxy) is 3. The molecule has 0 spiro atoms. The predicted molar refractivity (Wildman–Crippen MR) is 183 cm³/mol. The molecule has 3 atom stereocenters. The summed E-state index contributed by atoms with van der Waals surface area (Å²) < 4.78 is 47.8. The van der Waals surface area contributed by atoms with Gasteiger partial charge in [-0.25, -0.2) is 9.59 Å². The number of carboxylic acids is 1. The number of hydrogen-bond acceptors (Lipinski definition) is 9. The molecule has 0 radical (unpaired) electrons. The number of hydrogen-bond donors (Lipinski definition) is 2. The van der Waals surface area contributed by atoms with Crippen molar-refractivity contribution in [2.45, 2.75) is 123 Å². The molecule has 11 nitrogen and oxygen atoms in total. The summed E-state index contributed by atoms with van der Waals surface area (Å²) >= 11 is 0. The van der Waals surface area contributed by atoms with Crippen LogP contribution in [0, 0.1) is 11.8 Å². The third-order valence-corrected chi connectivity index (χ3v) is 8.69. The van der Waals surface area contributed by atoms with Gasteiger partial charge in [0.25, 0.3) is 10.1 Å². The monoisotopic (exact) mass is 696 g/mol. The fourth-order valence-electron chi connectivity index (χ4n) is 4.44. The Labute approximate surface area is 303 Å². The van der Waals surface area contributed by atoms with Crippen LogP contribution in [0.25, 0.3) is 0 Å². The average Bonchev–Trinajstić information content (AvgIpc) is 3.03. The summed E-state index contributed by atoms with van der Waals surface area (Å²) in [5.74, 6) is -3.29. The standard InChI is InChI=1S/C20H38O7S.C14H18O4.Na.H/c1-5-9-11-16(7-3)14-26-19(21)13-18(28(23,24)25)20(22)27-15-17(8-4)12-10-6-2;1-2-3-4-7-10-18-14(17)12-9-6-5-8-11(12)13(15)16;;/h16-18H,5-15H2,1-4H3,(H,23,24,25);5-6,8-9H,2-4,7,10H2,1H3,(H,15,16);;. The van der Waals surface area contributed by atoms with E-state index >= 15 is 0 Å². The Kier molecular flexibility index (Phi) is 28.0. The van der Waals surface area contributed by atoms with Gasteiger partial charge in [-0.15, -0.1) is 0 Å². The Balaban J connectivity index is 0. The van der Waals surface area contributed by atoms with Crippen molar-refractivity contribution in [1.82, 2.24) is 0 Å². The van der Waals surface area contributed by atoms with E-state index < -0.39 is 45.7 Å². The van der Waals surface area contributed by atoms with Crippen molar-refractivity contribution < 1.29 is 51.5 Å². The summed E-state index contributed by atoms with van der Waals surface area (Å²) in [6, 6.07) is 6.08. The molecule has 0 aromatic heterocycles. The zero-order valence-corrected chi connectivity index (χ0v) is 29.1. The third-order valence-electron chi connectivity index (χ3n) is 7.61. The Hall–Kier alpha value is -1.99. The van der Waals surface area contributed by atoms with Crippen LogP contribution in [0.3, 0.4) is 0 Å². The van der Waals surface area contributed by atoms with Gasteiger partial charge in [0.2, 0.25) is 0 Å². The number of rotatable bonds is 23. The van der Waals surface area contributed by atoms with Crippen molar-refractivity contribution in [3.8, 4) is 0 Å². The first kappa shape index (κ1) is 47.1. The Morgan fingerprint density at radius 2 is 1.23 bits per heavy atom. The van der Waals surface area contributed by atoms with Gasteiger partial charge in [0.1, 0.15) is 0 Å². The van der Waals surface area contributed by atoms with Gasteiger partial charge in [-0.3, -0.25) is 14.1 Å². The van der Waals surface area contributed by atoms with Crippen LogP contribution in [-0.4, -0.2) is 96.6 Å². The summed E-state index contributed by atoms with van der Waals surface area (Å²) in [5, 5.41) is 7.00. The van der Waals surface area contributed by atoms with Gasteiger partial charge in [-0.2, -0.15) is 8.42 Å². The normalized spacial score (nSPS) is 12.7. The van der Waals surface area contributed by atoms with E-state index in [0.29, 0.717) is 6.61 Å². The summed E-state index contributed by atoms with van der Waals surface area (Å²) in [5.41, 5.74) is 0.0940. The maximum atomic E-state index is 12.2. The number of carboxylic acid groups (broad SMARTS) is 1. The molecule has 0 heterocycles. The van der Waals surface area contributed by atoms with E-state index in [0.717, 1.165) is 77.0 Å². The molecule has 47 heavy (non-hydrogen) atoms. The molecular formula is C34H57NaO11S. The molecule has 0 fully saturated rings. The van der Waals surface area contributed by atoms with Gasteiger partial charge in [0.05, 0.1) is 37.4 Å². The van der Waals surface area contributed by atoms with E-state index in [1.807, 2.05) is 13.8 Å². The molecule has 2 N–H and O–H groups in total. The first-order chi connectivity index (χ1) is 21.9. The number of esters is 3.